The molecule has 9 heteroatoms. The summed E-state index contributed by atoms with van der Waals surface area (Å²) >= 11 is 1.35. The first-order valence-corrected chi connectivity index (χ1v) is 11.3. The highest BCUT2D eigenvalue weighted by Crippen LogP contribution is 2.19. The Bertz CT molecular complexity index is 1170. The summed E-state index contributed by atoms with van der Waals surface area (Å²) in [6.07, 6.45) is 1.37. The molecule has 0 aliphatic heterocycles. The topological polar surface area (TPSA) is 95.8 Å². The zero-order valence-corrected chi connectivity index (χ0v) is 19.3. The highest BCUT2D eigenvalue weighted by atomic mass is 32.2. The quantitative estimate of drug-likeness (QED) is 0.405. The van der Waals surface area contributed by atoms with Crippen molar-refractivity contribution in [3.63, 3.8) is 0 Å². The molecule has 0 fully saturated rings. The van der Waals surface area contributed by atoms with Crippen LogP contribution in [0, 0.1) is 19.7 Å². The molecule has 1 heterocycles. The molecule has 3 rings (SSSR count). The van der Waals surface area contributed by atoms with Crippen molar-refractivity contribution in [2.75, 3.05) is 16.4 Å². The molecule has 0 radical (unpaired) electrons. The van der Waals surface area contributed by atoms with Gasteiger partial charge in [0.25, 0.3) is 5.91 Å². The minimum Gasteiger partial charge on any atom is -0.325 e. The number of thioether (sulfide) groups is 1. The van der Waals surface area contributed by atoms with Crippen molar-refractivity contribution in [2.24, 2.45) is 10.2 Å². The summed E-state index contributed by atoms with van der Waals surface area (Å²) in [5, 5.41) is 13.5. The number of nitrogens with one attached hydrogen (secondary N) is 2. The summed E-state index contributed by atoms with van der Waals surface area (Å²) in [6, 6.07) is 14.6. The number of rotatable bonds is 8. The van der Waals surface area contributed by atoms with Crippen LogP contribution in [0.3, 0.4) is 0 Å². The average molecular weight is 466 g/mol. The molecule has 0 saturated heterocycles. The number of azo groups is 1. The van der Waals surface area contributed by atoms with E-state index in [1.807, 2.05) is 39.0 Å². The fraction of sp³-hybridized carbons (Fsp3) is 0.208. The van der Waals surface area contributed by atoms with Gasteiger partial charge in [0.2, 0.25) is 5.91 Å². The van der Waals surface area contributed by atoms with Crippen LogP contribution in [-0.2, 0) is 4.79 Å². The molecular weight excluding hydrogens is 441 g/mol. The maximum atomic E-state index is 13.2. The summed E-state index contributed by atoms with van der Waals surface area (Å²) in [5.41, 5.74) is 3.62. The first kappa shape index (κ1) is 24.1. The van der Waals surface area contributed by atoms with Crippen molar-refractivity contribution in [1.29, 1.82) is 0 Å². The third-order valence-corrected chi connectivity index (χ3v) is 5.53. The number of aromatic nitrogens is 1. The lowest BCUT2D eigenvalue weighted by Crippen LogP contribution is -2.16. The molecule has 0 aliphatic rings. The van der Waals surface area contributed by atoms with Crippen molar-refractivity contribution in [2.45, 2.75) is 26.1 Å². The lowest BCUT2D eigenvalue weighted by atomic mass is 10.1. The molecule has 170 valence electrons. The molecule has 33 heavy (non-hydrogen) atoms. The SMILES string of the molecule is Cc1ccc(NC(=O)CSC(C)N=Nc2ccc(C(=O)Nc3cccc(F)c3)cn2)c(C)c1. The molecule has 0 aliphatic carbocycles. The number of halogens is 1. The second-order valence-corrected chi connectivity index (χ2v) is 8.67. The van der Waals surface area contributed by atoms with Gasteiger partial charge in [0.1, 0.15) is 11.2 Å². The van der Waals surface area contributed by atoms with Crippen LogP contribution in [0.1, 0.15) is 28.4 Å². The van der Waals surface area contributed by atoms with E-state index in [1.165, 1.54) is 36.2 Å². The summed E-state index contributed by atoms with van der Waals surface area (Å²) in [6.45, 7) is 5.79. The third-order valence-electron chi connectivity index (χ3n) is 4.53. The molecule has 2 amide bonds. The van der Waals surface area contributed by atoms with Crippen LogP contribution in [0.4, 0.5) is 21.6 Å². The second kappa shape index (κ2) is 11.3. The Balaban J connectivity index is 1.47. The number of amides is 2. The van der Waals surface area contributed by atoms with Crippen molar-refractivity contribution >= 4 is 40.8 Å². The predicted octanol–water partition coefficient (Wildman–Crippen LogP) is 5.89. The predicted molar refractivity (Wildman–Crippen MR) is 130 cm³/mol. The number of nitrogens with zero attached hydrogens (tertiary/aromatic N) is 3. The molecule has 1 atom stereocenters. The second-order valence-electron chi connectivity index (χ2n) is 7.36. The summed E-state index contributed by atoms with van der Waals surface area (Å²) < 4.78 is 13.2. The summed E-state index contributed by atoms with van der Waals surface area (Å²) in [7, 11) is 0. The molecule has 0 saturated carbocycles. The lowest BCUT2D eigenvalue weighted by Gasteiger charge is -2.10. The van der Waals surface area contributed by atoms with Crippen molar-refractivity contribution in [3.8, 4) is 0 Å². The minimum absolute atomic E-state index is 0.110. The van der Waals surface area contributed by atoms with Crippen LogP contribution in [0.25, 0.3) is 0 Å². The number of pyridine rings is 1. The zero-order valence-electron chi connectivity index (χ0n) is 18.5. The van der Waals surface area contributed by atoms with Gasteiger partial charge in [-0.3, -0.25) is 9.59 Å². The molecule has 3 aromatic rings. The number of carbonyl (C=O) groups excluding carboxylic acids is 2. The highest BCUT2D eigenvalue weighted by molar-refractivity contribution is 8.00. The molecule has 2 aromatic carbocycles. The Morgan fingerprint density at radius 1 is 1.09 bits per heavy atom. The van der Waals surface area contributed by atoms with E-state index < -0.39 is 11.7 Å². The number of aryl methyl sites for hydroxylation is 2. The number of carbonyl (C=O) groups is 2. The summed E-state index contributed by atoms with van der Waals surface area (Å²) in [4.78, 5) is 28.6. The van der Waals surface area contributed by atoms with Gasteiger partial charge in [-0.1, -0.05) is 23.8 Å². The van der Waals surface area contributed by atoms with Gasteiger partial charge in [-0.2, -0.15) is 5.11 Å². The Morgan fingerprint density at radius 2 is 1.91 bits per heavy atom. The zero-order chi connectivity index (χ0) is 23.8. The van der Waals surface area contributed by atoms with Gasteiger partial charge in [-0.25, -0.2) is 9.37 Å². The first-order chi connectivity index (χ1) is 15.8. The van der Waals surface area contributed by atoms with Crippen molar-refractivity contribution < 1.29 is 14.0 Å². The Kier molecular flexibility index (Phi) is 8.26. The maximum absolute atomic E-state index is 13.2. The third kappa shape index (κ3) is 7.50. The van der Waals surface area contributed by atoms with Crippen LogP contribution < -0.4 is 10.6 Å². The van der Waals surface area contributed by atoms with Crippen LogP contribution >= 0.6 is 11.8 Å². The van der Waals surface area contributed by atoms with E-state index in [4.69, 9.17) is 0 Å². The smallest absolute Gasteiger partial charge is 0.257 e. The van der Waals surface area contributed by atoms with Crippen LogP contribution in [0.15, 0.2) is 71.0 Å². The molecule has 1 unspecified atom stereocenters. The van der Waals surface area contributed by atoms with E-state index in [9.17, 15) is 14.0 Å². The fourth-order valence-electron chi connectivity index (χ4n) is 2.86. The van der Waals surface area contributed by atoms with E-state index in [-0.39, 0.29) is 17.0 Å². The molecule has 2 N–H and O–H groups in total. The van der Waals surface area contributed by atoms with Gasteiger partial charge < -0.3 is 10.6 Å². The summed E-state index contributed by atoms with van der Waals surface area (Å²) in [5.74, 6) is -0.378. The largest absolute Gasteiger partial charge is 0.325 e. The standard InChI is InChI=1S/C24H24FN5O2S/c1-15-7-9-21(16(2)11-15)28-23(31)14-33-17(3)29-30-22-10-8-18(13-26-22)24(32)27-20-6-4-5-19(25)12-20/h4-13,17H,14H2,1-3H3,(H,27,32)(H,28,31). The molecule has 1 aromatic heterocycles. The van der Waals surface area contributed by atoms with Crippen molar-refractivity contribution in [1.82, 2.24) is 4.98 Å². The van der Waals surface area contributed by atoms with E-state index >= 15 is 0 Å². The average Bonchev–Trinajstić information content (AvgIpc) is 2.78. The van der Waals surface area contributed by atoms with Crippen molar-refractivity contribution in [3.05, 3.63) is 83.3 Å². The molecular formula is C24H24FN5O2S. The number of anilines is 2. The van der Waals surface area contributed by atoms with E-state index in [1.54, 1.807) is 18.2 Å². The van der Waals surface area contributed by atoms with Gasteiger partial charge in [-0.05, 0) is 62.7 Å². The van der Waals surface area contributed by atoms with Crippen LogP contribution in [0.2, 0.25) is 0 Å². The highest BCUT2D eigenvalue weighted by Gasteiger charge is 2.10. The monoisotopic (exact) mass is 465 g/mol. The number of hydrogen-bond acceptors (Lipinski definition) is 6. The Hall–Kier alpha value is -3.59. The van der Waals surface area contributed by atoms with Gasteiger partial charge in [0.05, 0.1) is 11.3 Å². The fourth-order valence-corrected chi connectivity index (χ4v) is 3.44. The molecule has 0 bridgehead atoms. The van der Waals surface area contributed by atoms with Gasteiger partial charge in [-0.15, -0.1) is 16.9 Å². The number of hydrogen-bond donors (Lipinski definition) is 2. The van der Waals surface area contributed by atoms with Crippen LogP contribution in [-0.4, -0.2) is 27.9 Å². The van der Waals surface area contributed by atoms with E-state index in [2.05, 4.69) is 25.8 Å². The van der Waals surface area contributed by atoms with E-state index in [0.717, 1.165) is 16.8 Å². The molecule has 0 spiro atoms. The molecule has 7 nitrogen and oxygen atoms in total. The Morgan fingerprint density at radius 3 is 2.61 bits per heavy atom. The van der Waals surface area contributed by atoms with Gasteiger partial charge >= 0.3 is 0 Å². The minimum atomic E-state index is -0.434. The number of benzene rings is 2. The lowest BCUT2D eigenvalue weighted by molar-refractivity contribution is -0.113. The normalized spacial score (nSPS) is 11.9. The van der Waals surface area contributed by atoms with Gasteiger partial charge in [0, 0.05) is 17.6 Å². The van der Waals surface area contributed by atoms with Crippen LogP contribution in [0.5, 0.6) is 0 Å². The van der Waals surface area contributed by atoms with E-state index in [0.29, 0.717) is 17.1 Å². The van der Waals surface area contributed by atoms with Gasteiger partial charge in [0.15, 0.2) is 5.82 Å². The Labute approximate surface area is 195 Å². The maximum Gasteiger partial charge on any atom is 0.257 e. The first-order valence-electron chi connectivity index (χ1n) is 10.2.